The fourth-order valence-electron chi connectivity index (χ4n) is 1.66. The maximum atomic E-state index is 13.4. The molecule has 0 atom stereocenters. The summed E-state index contributed by atoms with van der Waals surface area (Å²) in [6, 6.07) is 11.4. The number of ketones is 1. The molecule has 18 heavy (non-hydrogen) atoms. The SMILES string of the molecule is CSc1ccccc1C(=O)c1ccc(N)c(F)c1. The second kappa shape index (κ2) is 5.23. The van der Waals surface area contributed by atoms with Crippen molar-refractivity contribution in [1.82, 2.24) is 0 Å². The molecule has 2 nitrogen and oxygen atoms in total. The normalized spacial score (nSPS) is 10.3. The van der Waals surface area contributed by atoms with Crippen molar-refractivity contribution in [3.63, 3.8) is 0 Å². The number of nitrogen functional groups attached to an aromatic ring is 1. The minimum Gasteiger partial charge on any atom is -0.396 e. The van der Waals surface area contributed by atoms with Crippen molar-refractivity contribution >= 4 is 23.2 Å². The lowest BCUT2D eigenvalue weighted by Crippen LogP contribution is -2.04. The van der Waals surface area contributed by atoms with Crippen molar-refractivity contribution in [3.8, 4) is 0 Å². The minimum atomic E-state index is -0.567. The highest BCUT2D eigenvalue weighted by atomic mass is 32.2. The van der Waals surface area contributed by atoms with Crippen LogP contribution in [0.15, 0.2) is 47.4 Å². The van der Waals surface area contributed by atoms with Crippen molar-refractivity contribution in [2.45, 2.75) is 4.90 Å². The summed E-state index contributed by atoms with van der Waals surface area (Å²) in [4.78, 5) is 13.1. The lowest BCUT2D eigenvalue weighted by molar-refractivity contribution is 0.103. The number of anilines is 1. The molecule has 0 heterocycles. The average Bonchev–Trinajstić information content (AvgIpc) is 2.41. The van der Waals surface area contributed by atoms with Crippen molar-refractivity contribution in [3.05, 3.63) is 59.4 Å². The summed E-state index contributed by atoms with van der Waals surface area (Å²) < 4.78 is 13.4. The number of hydrogen-bond donors (Lipinski definition) is 1. The van der Waals surface area contributed by atoms with Gasteiger partial charge in [0.05, 0.1) is 5.69 Å². The molecule has 4 heteroatoms. The standard InChI is InChI=1S/C14H12FNOS/c1-18-13-5-3-2-4-10(13)14(17)9-6-7-12(16)11(15)8-9/h2-8H,16H2,1H3. The Hall–Kier alpha value is -1.81. The number of halogens is 1. The van der Waals surface area contributed by atoms with Gasteiger partial charge >= 0.3 is 0 Å². The van der Waals surface area contributed by atoms with Crippen LogP contribution >= 0.6 is 11.8 Å². The molecule has 0 saturated carbocycles. The van der Waals surface area contributed by atoms with Crippen molar-refractivity contribution in [1.29, 1.82) is 0 Å². The van der Waals surface area contributed by atoms with E-state index in [9.17, 15) is 9.18 Å². The van der Waals surface area contributed by atoms with Gasteiger partial charge in [0.1, 0.15) is 5.82 Å². The van der Waals surface area contributed by atoms with E-state index in [1.165, 1.54) is 30.0 Å². The summed E-state index contributed by atoms with van der Waals surface area (Å²) in [5, 5.41) is 0. The van der Waals surface area contributed by atoms with Gasteiger partial charge in [-0.15, -0.1) is 11.8 Å². The van der Waals surface area contributed by atoms with Crippen molar-refractivity contribution in [2.24, 2.45) is 0 Å². The lowest BCUT2D eigenvalue weighted by atomic mass is 10.0. The molecular weight excluding hydrogens is 249 g/mol. The fourth-order valence-corrected chi connectivity index (χ4v) is 2.25. The Morgan fingerprint density at radius 3 is 2.61 bits per heavy atom. The number of carbonyl (C=O) groups excluding carboxylic acids is 1. The predicted molar refractivity (Wildman–Crippen MR) is 72.5 cm³/mol. The molecule has 0 aliphatic carbocycles. The molecule has 0 saturated heterocycles. The van der Waals surface area contributed by atoms with E-state index in [2.05, 4.69) is 0 Å². The average molecular weight is 261 g/mol. The third-order valence-corrected chi connectivity index (χ3v) is 3.41. The third kappa shape index (κ3) is 2.38. The van der Waals surface area contributed by atoms with Gasteiger partial charge in [-0.25, -0.2) is 4.39 Å². The lowest BCUT2D eigenvalue weighted by Gasteiger charge is -2.07. The molecule has 2 rings (SSSR count). The summed E-state index contributed by atoms with van der Waals surface area (Å²) in [5.41, 5.74) is 6.33. The van der Waals surface area contributed by atoms with Gasteiger partial charge in [0.2, 0.25) is 0 Å². The molecule has 0 unspecified atom stereocenters. The molecule has 2 aromatic carbocycles. The molecule has 0 spiro atoms. The fraction of sp³-hybridized carbons (Fsp3) is 0.0714. The Morgan fingerprint density at radius 2 is 1.94 bits per heavy atom. The predicted octanol–water partition coefficient (Wildman–Crippen LogP) is 3.36. The first kappa shape index (κ1) is 12.6. The van der Waals surface area contributed by atoms with Crippen LogP contribution in [0.2, 0.25) is 0 Å². The zero-order valence-electron chi connectivity index (χ0n) is 9.81. The van der Waals surface area contributed by atoms with E-state index in [0.717, 1.165) is 4.90 Å². The van der Waals surface area contributed by atoms with Crippen LogP contribution in [0.25, 0.3) is 0 Å². The smallest absolute Gasteiger partial charge is 0.194 e. The quantitative estimate of drug-likeness (QED) is 0.523. The molecule has 0 amide bonds. The Balaban J connectivity index is 2.44. The largest absolute Gasteiger partial charge is 0.396 e. The second-order valence-corrected chi connectivity index (χ2v) is 4.61. The molecule has 0 aliphatic heterocycles. The van der Waals surface area contributed by atoms with Crippen molar-refractivity contribution < 1.29 is 9.18 Å². The maximum Gasteiger partial charge on any atom is 0.194 e. The first-order valence-electron chi connectivity index (χ1n) is 5.36. The molecule has 2 aromatic rings. The van der Waals surface area contributed by atoms with Crippen LogP contribution in [0, 0.1) is 5.82 Å². The molecule has 0 bridgehead atoms. The van der Waals surface area contributed by atoms with Gasteiger partial charge in [-0.1, -0.05) is 12.1 Å². The summed E-state index contributed by atoms with van der Waals surface area (Å²) in [7, 11) is 0. The van der Waals surface area contributed by atoms with E-state index < -0.39 is 5.82 Å². The van der Waals surface area contributed by atoms with Crippen LogP contribution in [0.1, 0.15) is 15.9 Å². The Morgan fingerprint density at radius 1 is 1.22 bits per heavy atom. The van der Waals surface area contributed by atoms with Crippen LogP contribution < -0.4 is 5.73 Å². The molecular formula is C14H12FNOS. The summed E-state index contributed by atoms with van der Waals surface area (Å²) in [6.45, 7) is 0. The van der Waals surface area contributed by atoms with Crippen LogP contribution in [-0.2, 0) is 0 Å². The van der Waals surface area contributed by atoms with Crippen LogP contribution in [-0.4, -0.2) is 12.0 Å². The van der Waals surface area contributed by atoms with E-state index in [0.29, 0.717) is 11.1 Å². The Labute approximate surface area is 109 Å². The Kier molecular flexibility index (Phi) is 3.67. The monoisotopic (exact) mass is 261 g/mol. The number of rotatable bonds is 3. The maximum absolute atomic E-state index is 13.4. The second-order valence-electron chi connectivity index (χ2n) is 3.77. The van der Waals surface area contributed by atoms with Gasteiger partial charge in [0.15, 0.2) is 5.78 Å². The highest BCUT2D eigenvalue weighted by Crippen LogP contribution is 2.23. The molecule has 0 aromatic heterocycles. The van der Waals surface area contributed by atoms with Crippen LogP contribution in [0.4, 0.5) is 10.1 Å². The van der Waals surface area contributed by atoms with E-state index in [4.69, 9.17) is 5.73 Å². The van der Waals surface area contributed by atoms with Crippen LogP contribution in [0.3, 0.4) is 0 Å². The number of nitrogens with two attached hydrogens (primary N) is 1. The third-order valence-electron chi connectivity index (χ3n) is 2.61. The van der Waals surface area contributed by atoms with Crippen molar-refractivity contribution in [2.75, 3.05) is 12.0 Å². The number of benzene rings is 2. The molecule has 92 valence electrons. The highest BCUT2D eigenvalue weighted by molar-refractivity contribution is 7.98. The first-order valence-corrected chi connectivity index (χ1v) is 6.58. The number of hydrogen-bond acceptors (Lipinski definition) is 3. The van der Waals surface area contributed by atoms with E-state index in [1.807, 2.05) is 18.4 Å². The summed E-state index contributed by atoms with van der Waals surface area (Å²) >= 11 is 1.49. The number of thioether (sulfide) groups is 1. The number of carbonyl (C=O) groups is 1. The zero-order valence-corrected chi connectivity index (χ0v) is 10.6. The van der Waals surface area contributed by atoms with Gasteiger partial charge in [-0.05, 0) is 36.6 Å². The van der Waals surface area contributed by atoms with Gasteiger partial charge < -0.3 is 5.73 Å². The van der Waals surface area contributed by atoms with Gasteiger partial charge in [-0.3, -0.25) is 4.79 Å². The summed E-state index contributed by atoms with van der Waals surface area (Å²) in [5.74, 6) is -0.763. The highest BCUT2D eigenvalue weighted by Gasteiger charge is 2.14. The van der Waals surface area contributed by atoms with Gasteiger partial charge in [0.25, 0.3) is 0 Å². The van der Waals surface area contributed by atoms with Gasteiger partial charge in [0, 0.05) is 16.0 Å². The Bertz CT molecular complexity index is 598. The zero-order chi connectivity index (χ0) is 13.1. The van der Waals surface area contributed by atoms with E-state index in [-0.39, 0.29) is 11.5 Å². The summed E-state index contributed by atoms with van der Waals surface area (Å²) in [6.07, 6.45) is 1.90. The topological polar surface area (TPSA) is 43.1 Å². The molecule has 0 fully saturated rings. The van der Waals surface area contributed by atoms with Crippen LogP contribution in [0.5, 0.6) is 0 Å². The van der Waals surface area contributed by atoms with E-state index >= 15 is 0 Å². The van der Waals surface area contributed by atoms with Gasteiger partial charge in [-0.2, -0.15) is 0 Å². The molecule has 0 radical (unpaired) electrons. The minimum absolute atomic E-state index is 0.0460. The van der Waals surface area contributed by atoms with E-state index in [1.54, 1.807) is 12.1 Å². The molecule has 0 aliphatic rings. The first-order chi connectivity index (χ1) is 8.63. The molecule has 2 N–H and O–H groups in total.